The number of benzene rings is 3. The van der Waals surface area contributed by atoms with Crippen molar-refractivity contribution in [2.24, 2.45) is 5.10 Å². The van der Waals surface area contributed by atoms with Crippen molar-refractivity contribution < 1.29 is 4.79 Å². The lowest BCUT2D eigenvalue weighted by molar-refractivity contribution is -0.130. The van der Waals surface area contributed by atoms with Gasteiger partial charge < -0.3 is 0 Å². The number of nitrogens with zero attached hydrogens (tertiary/aromatic N) is 4. The normalized spacial score (nSPS) is 15.5. The van der Waals surface area contributed by atoms with Crippen LogP contribution in [0.2, 0.25) is 0 Å². The predicted molar refractivity (Wildman–Crippen MR) is 131 cm³/mol. The second-order valence-corrected chi connectivity index (χ2v) is 8.58. The summed E-state index contributed by atoms with van der Waals surface area (Å²) in [5.74, 6) is -0.0792. The third-order valence-electron chi connectivity index (χ3n) is 6.07. The number of carbonyl (C=O) groups excluding carboxylic acids is 1. The molecule has 1 atom stereocenters. The van der Waals surface area contributed by atoms with Gasteiger partial charge in [-0.1, -0.05) is 77.9 Å². The van der Waals surface area contributed by atoms with E-state index in [9.17, 15) is 4.79 Å². The van der Waals surface area contributed by atoms with Gasteiger partial charge in [0, 0.05) is 30.7 Å². The lowest BCUT2D eigenvalue weighted by Gasteiger charge is -2.20. The molecule has 164 valence electrons. The molecule has 5 heteroatoms. The first kappa shape index (κ1) is 20.9. The van der Waals surface area contributed by atoms with Gasteiger partial charge in [-0.15, -0.1) is 0 Å². The van der Waals surface area contributed by atoms with Gasteiger partial charge in [-0.05, 0) is 31.5 Å². The van der Waals surface area contributed by atoms with Crippen molar-refractivity contribution in [2.45, 2.75) is 33.2 Å². The van der Waals surface area contributed by atoms with E-state index in [0.29, 0.717) is 6.42 Å². The highest BCUT2D eigenvalue weighted by Crippen LogP contribution is 2.38. The Morgan fingerprint density at radius 3 is 2.06 bits per heavy atom. The van der Waals surface area contributed by atoms with Crippen molar-refractivity contribution in [2.75, 3.05) is 0 Å². The molecule has 0 radical (unpaired) electrons. The maximum absolute atomic E-state index is 12.6. The first-order valence-electron chi connectivity index (χ1n) is 11.2. The van der Waals surface area contributed by atoms with E-state index in [-0.39, 0.29) is 11.9 Å². The van der Waals surface area contributed by atoms with Gasteiger partial charge in [0.25, 0.3) is 0 Å². The summed E-state index contributed by atoms with van der Waals surface area (Å²) in [6, 6.07) is 26.5. The lowest BCUT2D eigenvalue weighted by Crippen LogP contribution is -2.24. The van der Waals surface area contributed by atoms with Crippen molar-refractivity contribution in [3.05, 3.63) is 107 Å². The van der Waals surface area contributed by atoms with Gasteiger partial charge in [0.2, 0.25) is 5.91 Å². The Hall–Kier alpha value is -3.99. The number of hydrazone groups is 1. The number of aromatic nitrogens is 2. The van der Waals surface area contributed by atoms with Gasteiger partial charge in [0.1, 0.15) is 0 Å². The molecule has 0 fully saturated rings. The van der Waals surface area contributed by atoms with E-state index in [1.807, 2.05) is 41.2 Å². The molecule has 1 aliphatic heterocycles. The van der Waals surface area contributed by atoms with Crippen LogP contribution in [0.1, 0.15) is 41.6 Å². The first-order chi connectivity index (χ1) is 16.0. The number of carbonyl (C=O) groups is 1. The zero-order chi connectivity index (χ0) is 22.9. The van der Waals surface area contributed by atoms with Gasteiger partial charge in [0.15, 0.2) is 0 Å². The molecule has 5 rings (SSSR count). The topological polar surface area (TPSA) is 50.5 Å². The molecule has 0 saturated heterocycles. The summed E-state index contributed by atoms with van der Waals surface area (Å²) in [5.41, 5.74) is 8.21. The summed E-state index contributed by atoms with van der Waals surface area (Å²) in [5, 5.41) is 11.3. The Bertz CT molecular complexity index is 1320. The molecule has 5 nitrogen and oxygen atoms in total. The van der Waals surface area contributed by atoms with E-state index >= 15 is 0 Å². The van der Waals surface area contributed by atoms with Crippen LogP contribution in [0.15, 0.2) is 90.2 Å². The van der Waals surface area contributed by atoms with E-state index in [1.54, 1.807) is 11.9 Å². The van der Waals surface area contributed by atoms with Gasteiger partial charge in [-0.25, -0.2) is 9.69 Å². The summed E-state index contributed by atoms with van der Waals surface area (Å²) in [6.07, 6.45) is 2.68. The smallest absolute Gasteiger partial charge is 0.240 e. The van der Waals surface area contributed by atoms with Gasteiger partial charge in [-0.3, -0.25) is 4.79 Å². The lowest BCUT2D eigenvalue weighted by atomic mass is 9.96. The fourth-order valence-corrected chi connectivity index (χ4v) is 4.24. The Kier molecular flexibility index (Phi) is 5.38. The number of para-hydroxylation sites is 1. The number of hydrogen-bond donors (Lipinski definition) is 0. The highest BCUT2D eigenvalue weighted by atomic mass is 16.2. The molecule has 1 aliphatic rings. The van der Waals surface area contributed by atoms with Crippen molar-refractivity contribution >= 4 is 11.6 Å². The molecule has 2 heterocycles. The molecule has 0 aliphatic carbocycles. The van der Waals surface area contributed by atoms with Crippen LogP contribution in [0.4, 0.5) is 0 Å². The summed E-state index contributed by atoms with van der Waals surface area (Å²) < 4.78 is 1.90. The molecule has 1 amide bonds. The summed E-state index contributed by atoms with van der Waals surface area (Å²) in [7, 11) is 0. The second-order valence-electron chi connectivity index (χ2n) is 8.58. The molecule has 0 unspecified atom stereocenters. The van der Waals surface area contributed by atoms with Crippen LogP contribution < -0.4 is 0 Å². The number of amides is 1. The molecule has 4 aromatic rings. The fraction of sp³-hybridized carbons (Fsp3) is 0.179. The maximum Gasteiger partial charge on any atom is 0.240 e. The van der Waals surface area contributed by atoms with E-state index in [4.69, 9.17) is 10.2 Å². The first-order valence-corrected chi connectivity index (χ1v) is 11.2. The molecule has 0 saturated carbocycles. The van der Waals surface area contributed by atoms with Crippen LogP contribution in [-0.4, -0.2) is 26.4 Å². The van der Waals surface area contributed by atoms with Gasteiger partial charge in [-0.2, -0.15) is 10.2 Å². The van der Waals surface area contributed by atoms with E-state index in [2.05, 4.69) is 62.4 Å². The van der Waals surface area contributed by atoms with Crippen LogP contribution in [-0.2, 0) is 4.79 Å². The minimum atomic E-state index is -0.215. The molecule has 0 spiro atoms. The number of hydrogen-bond acceptors (Lipinski definition) is 3. The Balaban J connectivity index is 1.61. The van der Waals surface area contributed by atoms with Gasteiger partial charge in [0.05, 0.1) is 23.1 Å². The number of rotatable bonds is 4. The van der Waals surface area contributed by atoms with Gasteiger partial charge >= 0.3 is 0 Å². The van der Waals surface area contributed by atoms with Crippen molar-refractivity contribution in [1.82, 2.24) is 14.8 Å². The fourth-order valence-electron chi connectivity index (χ4n) is 4.24. The van der Waals surface area contributed by atoms with Crippen molar-refractivity contribution in [3.63, 3.8) is 0 Å². The SMILES string of the molecule is CC(=O)N1N=C(c2ccc(C)cc2)C[C@@H]1c1cn(-c2ccccc2)nc1-c1ccc(C)cc1. The Morgan fingerprint density at radius 1 is 0.848 bits per heavy atom. The Morgan fingerprint density at radius 2 is 1.45 bits per heavy atom. The highest BCUT2D eigenvalue weighted by Gasteiger charge is 2.34. The molecule has 3 aromatic carbocycles. The summed E-state index contributed by atoms with van der Waals surface area (Å²) in [6.45, 7) is 5.71. The van der Waals surface area contributed by atoms with E-state index < -0.39 is 0 Å². The molecule has 0 bridgehead atoms. The molecular weight excluding hydrogens is 408 g/mol. The zero-order valence-corrected chi connectivity index (χ0v) is 19.1. The van der Waals surface area contributed by atoms with Crippen LogP contribution in [0.25, 0.3) is 16.9 Å². The molecule has 1 aromatic heterocycles. The third-order valence-corrected chi connectivity index (χ3v) is 6.07. The largest absolute Gasteiger partial charge is 0.273 e. The van der Waals surface area contributed by atoms with E-state index in [1.165, 1.54) is 11.1 Å². The van der Waals surface area contributed by atoms with Crippen LogP contribution in [0, 0.1) is 13.8 Å². The average molecular weight is 435 g/mol. The standard InChI is InChI=1S/C28H26N4O/c1-19-9-13-22(14-10-19)26-17-27(32(29-26)21(3)33)25-18-31(24-7-5-4-6-8-24)30-28(25)23-15-11-20(2)12-16-23/h4-16,18,27H,17H2,1-3H3/t27-/m1/s1. The van der Waals surface area contributed by atoms with Crippen LogP contribution >= 0.6 is 0 Å². The van der Waals surface area contributed by atoms with Crippen molar-refractivity contribution in [1.29, 1.82) is 0 Å². The minimum absolute atomic E-state index is 0.0792. The Labute approximate surface area is 194 Å². The molecule has 33 heavy (non-hydrogen) atoms. The third kappa shape index (κ3) is 4.10. The average Bonchev–Trinajstić information content (AvgIpc) is 3.46. The molecular formula is C28H26N4O. The second kappa shape index (κ2) is 8.51. The minimum Gasteiger partial charge on any atom is -0.273 e. The zero-order valence-electron chi connectivity index (χ0n) is 19.1. The quantitative estimate of drug-likeness (QED) is 0.404. The summed E-state index contributed by atoms with van der Waals surface area (Å²) >= 11 is 0. The maximum atomic E-state index is 12.6. The highest BCUT2D eigenvalue weighted by molar-refractivity contribution is 6.03. The molecule has 0 N–H and O–H groups in total. The van der Waals surface area contributed by atoms with Crippen LogP contribution in [0.3, 0.4) is 0 Å². The number of aryl methyl sites for hydroxylation is 2. The predicted octanol–water partition coefficient (Wildman–Crippen LogP) is 5.85. The monoisotopic (exact) mass is 434 g/mol. The van der Waals surface area contributed by atoms with E-state index in [0.717, 1.165) is 33.8 Å². The van der Waals surface area contributed by atoms with Crippen molar-refractivity contribution in [3.8, 4) is 16.9 Å². The summed E-state index contributed by atoms with van der Waals surface area (Å²) in [4.78, 5) is 12.6. The van der Waals surface area contributed by atoms with Crippen LogP contribution in [0.5, 0.6) is 0 Å².